The molecule has 29 heavy (non-hydrogen) atoms. The molecule has 0 unspecified atom stereocenters. The number of rotatable bonds is 4. The van der Waals surface area contributed by atoms with E-state index in [9.17, 15) is 0 Å². The number of hydrogen-bond donors (Lipinski definition) is 0. The normalized spacial score (nSPS) is 11.2. The van der Waals surface area contributed by atoms with Gasteiger partial charge in [0.2, 0.25) is 0 Å². The first-order valence-electron chi connectivity index (χ1n) is 9.78. The van der Waals surface area contributed by atoms with Gasteiger partial charge in [-0.1, -0.05) is 81.3 Å². The predicted molar refractivity (Wildman–Crippen MR) is 111 cm³/mol. The molecule has 4 rings (SSSR count). The van der Waals surface area contributed by atoms with Gasteiger partial charge < -0.3 is 24.8 Å². The van der Waals surface area contributed by atoms with E-state index in [1.807, 2.05) is 0 Å². The number of hydrogen-bond acceptors (Lipinski definition) is 0. The van der Waals surface area contributed by atoms with E-state index in [0.717, 1.165) is 12.8 Å². The Bertz CT molecular complexity index is 961. The van der Waals surface area contributed by atoms with Gasteiger partial charge in [-0.05, 0) is 41.4 Å². The Hall–Kier alpha value is -0.877. The molecule has 0 aromatic heterocycles. The Labute approximate surface area is 207 Å². The van der Waals surface area contributed by atoms with Gasteiger partial charge in [-0.3, -0.25) is 0 Å². The Morgan fingerprint density at radius 2 is 1.55 bits per heavy atom. The maximum absolute atomic E-state index is 3.74. The van der Waals surface area contributed by atoms with E-state index in [4.69, 9.17) is 0 Å². The van der Waals surface area contributed by atoms with E-state index in [1.54, 1.807) is 0 Å². The van der Waals surface area contributed by atoms with E-state index < -0.39 is 0 Å². The van der Waals surface area contributed by atoms with Crippen molar-refractivity contribution in [2.75, 3.05) is 0 Å². The molecule has 0 spiro atoms. The van der Waals surface area contributed by atoms with Gasteiger partial charge in [0.05, 0.1) is 0 Å². The first-order chi connectivity index (χ1) is 12.5. The second-order valence-corrected chi connectivity index (χ2v) is 8.15. The molecule has 0 nitrogen and oxygen atoms in total. The Kier molecular flexibility index (Phi) is 9.87. The van der Waals surface area contributed by atoms with Crippen LogP contribution in [0.4, 0.5) is 0 Å². The molecule has 1 radical (unpaired) electrons. The molecule has 0 saturated carbocycles. The number of benzene rings is 3. The van der Waals surface area contributed by atoms with E-state index in [0.29, 0.717) is 11.8 Å². The number of halogens is 2. The molecule has 1 aliphatic rings. The maximum Gasteiger partial charge on any atom is 3.00 e. The molecule has 0 saturated heterocycles. The summed E-state index contributed by atoms with van der Waals surface area (Å²) in [4.78, 5) is 0. The third-order valence-electron chi connectivity index (χ3n) is 5.60. The molecule has 0 atom stereocenters. The second-order valence-electron chi connectivity index (χ2n) is 8.15. The molecule has 0 fully saturated rings. The zero-order valence-corrected chi connectivity index (χ0v) is 21.5. The minimum atomic E-state index is 0. The standard InChI is InChI=1S/C26H27.2ClH.Zr/c1-17(2)20-10-12-24(18(3)4)22(15-20)13-19-9-11-26-23(14-19)16-21-7-5-6-8-25(21)26;;;/h5-12,15,17-18H,13,16H2,1-4H3;2*1H;/q-1;;;+3/p-2. The molecule has 0 heterocycles. The Morgan fingerprint density at radius 3 is 2.24 bits per heavy atom. The van der Waals surface area contributed by atoms with Crippen LogP contribution in [-0.2, 0) is 39.0 Å². The fourth-order valence-electron chi connectivity index (χ4n) is 4.12. The molecule has 3 heteroatoms. The zero-order chi connectivity index (χ0) is 18.3. The smallest absolute Gasteiger partial charge is 1.00 e. The summed E-state index contributed by atoms with van der Waals surface area (Å²) in [7, 11) is 0. The average molecular weight is 502 g/mol. The van der Waals surface area contributed by atoms with Gasteiger partial charge in [0.25, 0.3) is 0 Å². The van der Waals surface area contributed by atoms with Crippen molar-refractivity contribution in [1.29, 1.82) is 0 Å². The first-order valence-corrected chi connectivity index (χ1v) is 9.78. The largest absolute Gasteiger partial charge is 3.00 e. The summed E-state index contributed by atoms with van der Waals surface area (Å²) in [6.07, 6.45) is 1.99. The Morgan fingerprint density at radius 1 is 0.828 bits per heavy atom. The van der Waals surface area contributed by atoms with E-state index in [-0.39, 0.29) is 51.0 Å². The minimum absolute atomic E-state index is 0. The van der Waals surface area contributed by atoms with Gasteiger partial charge in [-0.15, -0.1) is 11.1 Å². The fourth-order valence-corrected chi connectivity index (χ4v) is 4.12. The first kappa shape index (κ1) is 26.2. The van der Waals surface area contributed by atoms with Crippen LogP contribution in [0.5, 0.6) is 0 Å². The van der Waals surface area contributed by atoms with E-state index >= 15 is 0 Å². The van der Waals surface area contributed by atoms with Gasteiger partial charge in [0.1, 0.15) is 0 Å². The van der Waals surface area contributed by atoms with Crippen LogP contribution in [0.25, 0.3) is 11.1 Å². The van der Waals surface area contributed by atoms with Crippen molar-refractivity contribution in [3.05, 3.63) is 94.0 Å². The fraction of sp³-hybridized carbons (Fsp3) is 0.308. The van der Waals surface area contributed by atoms with Gasteiger partial charge in [-0.25, -0.2) is 0 Å². The van der Waals surface area contributed by atoms with Gasteiger partial charge in [0.15, 0.2) is 0 Å². The number of fused-ring (bicyclic) bond motifs is 3. The maximum atomic E-state index is 3.74. The summed E-state index contributed by atoms with van der Waals surface area (Å²) in [6.45, 7) is 9.12. The van der Waals surface area contributed by atoms with Crippen LogP contribution in [0, 0.1) is 6.07 Å². The molecule has 0 N–H and O–H groups in total. The van der Waals surface area contributed by atoms with Crippen molar-refractivity contribution >= 4 is 0 Å². The predicted octanol–water partition coefficient (Wildman–Crippen LogP) is 0.901. The van der Waals surface area contributed by atoms with Crippen LogP contribution in [0.1, 0.15) is 72.9 Å². The van der Waals surface area contributed by atoms with Gasteiger partial charge >= 0.3 is 26.2 Å². The summed E-state index contributed by atoms with van der Waals surface area (Å²) in [5, 5.41) is 0. The summed E-state index contributed by atoms with van der Waals surface area (Å²) < 4.78 is 0. The molecule has 3 aromatic carbocycles. The third-order valence-corrected chi connectivity index (χ3v) is 5.60. The van der Waals surface area contributed by atoms with Gasteiger partial charge in [-0.2, -0.15) is 23.8 Å². The summed E-state index contributed by atoms with van der Waals surface area (Å²) >= 11 is 0. The van der Waals surface area contributed by atoms with Crippen LogP contribution in [-0.4, -0.2) is 0 Å². The topological polar surface area (TPSA) is 0 Å². The minimum Gasteiger partial charge on any atom is -1.00 e. The van der Waals surface area contributed by atoms with Crippen LogP contribution in [0.15, 0.2) is 54.6 Å². The van der Waals surface area contributed by atoms with Crippen molar-refractivity contribution in [3.8, 4) is 11.1 Å². The van der Waals surface area contributed by atoms with Crippen molar-refractivity contribution in [1.82, 2.24) is 0 Å². The molecule has 0 aliphatic heterocycles. The monoisotopic (exact) mass is 499 g/mol. The van der Waals surface area contributed by atoms with Crippen molar-refractivity contribution in [2.24, 2.45) is 0 Å². The Balaban J connectivity index is 0.00000140. The molecule has 0 amide bonds. The molecule has 1 aliphatic carbocycles. The molecule has 3 aromatic rings. The van der Waals surface area contributed by atoms with Gasteiger partial charge in [0, 0.05) is 0 Å². The quantitative estimate of drug-likeness (QED) is 0.365. The SMILES string of the molecule is CC(C)c1ccc(C(C)C)c(Cc2[c-]c3c(cc2)-c2ccccc2C3)c1.[Cl-].[Cl-].[Zr+3]. The summed E-state index contributed by atoms with van der Waals surface area (Å²) in [5.41, 5.74) is 11.2. The summed E-state index contributed by atoms with van der Waals surface area (Å²) in [6, 6.07) is 24.1. The molecule has 0 bridgehead atoms. The van der Waals surface area contributed by atoms with Crippen LogP contribution in [0.3, 0.4) is 0 Å². The zero-order valence-electron chi connectivity index (χ0n) is 17.5. The van der Waals surface area contributed by atoms with Crippen molar-refractivity contribution in [2.45, 2.75) is 52.4 Å². The van der Waals surface area contributed by atoms with Crippen LogP contribution in [0.2, 0.25) is 0 Å². The summed E-state index contributed by atoms with van der Waals surface area (Å²) in [5.74, 6) is 1.11. The average Bonchev–Trinajstić information content (AvgIpc) is 2.99. The molecule has 149 valence electrons. The third kappa shape index (κ3) is 5.44. The van der Waals surface area contributed by atoms with Crippen molar-refractivity contribution in [3.63, 3.8) is 0 Å². The van der Waals surface area contributed by atoms with Crippen LogP contribution < -0.4 is 24.8 Å². The van der Waals surface area contributed by atoms with Crippen molar-refractivity contribution < 1.29 is 51.0 Å². The van der Waals surface area contributed by atoms with E-state index in [1.165, 1.54) is 44.5 Å². The molecular formula is C26H27Cl2Zr. The second kappa shape index (κ2) is 10.9. The van der Waals surface area contributed by atoms with Crippen LogP contribution >= 0.6 is 0 Å². The van der Waals surface area contributed by atoms with E-state index in [2.05, 4.69) is 88.4 Å². The molecular weight excluding hydrogens is 474 g/mol.